The van der Waals surface area contributed by atoms with E-state index in [1.165, 1.54) is 23.5 Å². The van der Waals surface area contributed by atoms with Crippen molar-refractivity contribution >= 4 is 21.4 Å². The number of hydrogen-bond donors (Lipinski definition) is 1. The van der Waals surface area contributed by atoms with E-state index < -0.39 is 20.6 Å². The Labute approximate surface area is 145 Å². The van der Waals surface area contributed by atoms with Gasteiger partial charge in [-0.2, -0.15) is 0 Å². The third-order valence-corrected chi connectivity index (χ3v) is 5.85. The molecule has 0 aromatic heterocycles. The highest BCUT2D eigenvalue weighted by Crippen LogP contribution is 2.34. The summed E-state index contributed by atoms with van der Waals surface area (Å²) >= 11 is 0. The molecule has 1 atom stereocenters. The Morgan fingerprint density at radius 3 is 2.68 bits per heavy atom. The van der Waals surface area contributed by atoms with Crippen LogP contribution >= 0.6 is 0 Å². The quantitative estimate of drug-likeness (QED) is 0.653. The van der Waals surface area contributed by atoms with Crippen LogP contribution in [0.2, 0.25) is 0 Å². The number of sulfonamides is 1. The van der Waals surface area contributed by atoms with Gasteiger partial charge in [-0.15, -0.1) is 0 Å². The summed E-state index contributed by atoms with van der Waals surface area (Å²) in [4.78, 5) is 10.3. The lowest BCUT2D eigenvalue weighted by atomic mass is 10.0. The van der Waals surface area contributed by atoms with Gasteiger partial charge in [-0.1, -0.05) is 18.2 Å². The van der Waals surface area contributed by atoms with Crippen molar-refractivity contribution in [2.24, 2.45) is 5.73 Å². The number of methoxy groups -OCH3 is 1. The average Bonchev–Trinajstić information content (AvgIpc) is 2.60. The van der Waals surface area contributed by atoms with Gasteiger partial charge in [0.05, 0.1) is 22.6 Å². The molecule has 1 unspecified atom stereocenters. The van der Waals surface area contributed by atoms with Gasteiger partial charge in [0.15, 0.2) is 5.75 Å². The molecule has 1 heterocycles. The predicted molar refractivity (Wildman–Crippen MR) is 92.3 cm³/mol. The average molecular weight is 363 g/mol. The number of nitrogens with two attached hydrogens (primary N) is 1. The summed E-state index contributed by atoms with van der Waals surface area (Å²) in [5, 5.41) is 11.2. The number of hydrogen-bond acceptors (Lipinski definition) is 6. The van der Waals surface area contributed by atoms with Crippen LogP contribution in [0.25, 0.3) is 0 Å². The number of rotatable bonds is 4. The monoisotopic (exact) mass is 363 g/mol. The molecular formula is C16H17N3O5S. The molecule has 132 valence electrons. The van der Waals surface area contributed by atoms with E-state index in [0.717, 1.165) is 11.6 Å². The molecule has 25 heavy (non-hydrogen) atoms. The first-order chi connectivity index (χ1) is 11.8. The van der Waals surface area contributed by atoms with Gasteiger partial charge in [-0.3, -0.25) is 14.4 Å². The first kappa shape index (κ1) is 17.2. The first-order valence-corrected chi connectivity index (χ1v) is 8.97. The lowest BCUT2D eigenvalue weighted by molar-refractivity contribution is -0.386. The molecule has 1 aliphatic rings. The van der Waals surface area contributed by atoms with Crippen LogP contribution in [-0.2, 0) is 16.4 Å². The Morgan fingerprint density at radius 1 is 1.28 bits per heavy atom. The molecular weight excluding hydrogens is 346 g/mol. The van der Waals surface area contributed by atoms with E-state index in [9.17, 15) is 18.5 Å². The Morgan fingerprint density at radius 2 is 2.00 bits per heavy atom. The third kappa shape index (κ3) is 3.03. The summed E-state index contributed by atoms with van der Waals surface area (Å²) in [5.41, 5.74) is 6.97. The van der Waals surface area contributed by atoms with E-state index in [1.807, 2.05) is 12.1 Å². The fourth-order valence-electron chi connectivity index (χ4n) is 2.91. The van der Waals surface area contributed by atoms with Crippen molar-refractivity contribution < 1.29 is 18.1 Å². The van der Waals surface area contributed by atoms with E-state index in [-0.39, 0.29) is 23.2 Å². The van der Waals surface area contributed by atoms with Gasteiger partial charge < -0.3 is 10.5 Å². The van der Waals surface area contributed by atoms with Crippen LogP contribution in [0.3, 0.4) is 0 Å². The Bertz CT molecular complexity index is 929. The highest BCUT2D eigenvalue weighted by molar-refractivity contribution is 7.92. The van der Waals surface area contributed by atoms with Gasteiger partial charge in [0, 0.05) is 18.7 Å². The number of benzene rings is 2. The van der Waals surface area contributed by atoms with Crippen LogP contribution in [0, 0.1) is 10.1 Å². The van der Waals surface area contributed by atoms with Crippen molar-refractivity contribution in [3.8, 4) is 5.75 Å². The minimum Gasteiger partial charge on any atom is -0.490 e. The topological polar surface area (TPSA) is 116 Å². The molecule has 1 aliphatic heterocycles. The summed E-state index contributed by atoms with van der Waals surface area (Å²) in [6.07, 6.45) is 0.574. The van der Waals surface area contributed by atoms with Gasteiger partial charge in [0.25, 0.3) is 10.0 Å². The molecule has 0 saturated carbocycles. The highest BCUT2D eigenvalue weighted by Gasteiger charge is 2.33. The normalized spacial score (nSPS) is 17.0. The second-order valence-corrected chi connectivity index (χ2v) is 7.58. The minimum absolute atomic E-state index is 0.000282. The molecule has 2 N–H and O–H groups in total. The minimum atomic E-state index is -4.00. The summed E-state index contributed by atoms with van der Waals surface area (Å²) in [5.74, 6) is -0.000282. The molecule has 2 aromatic carbocycles. The molecule has 9 heteroatoms. The van der Waals surface area contributed by atoms with E-state index >= 15 is 0 Å². The van der Waals surface area contributed by atoms with Gasteiger partial charge >= 0.3 is 5.69 Å². The van der Waals surface area contributed by atoms with Crippen LogP contribution in [-0.4, -0.2) is 33.0 Å². The zero-order valence-corrected chi connectivity index (χ0v) is 14.3. The molecule has 0 bridgehead atoms. The molecule has 2 aromatic rings. The zero-order chi connectivity index (χ0) is 18.2. The molecule has 0 spiro atoms. The number of nitro groups is 1. The standard InChI is InChI=1S/C16H17N3O5S/c1-24-16-7-6-13(9-15(16)19(20)21)25(22,23)18-10-12(17)8-11-4-2-3-5-14(11)18/h2-7,9,12H,8,10,17H2,1H3. The molecule has 3 rings (SSSR count). The van der Waals surface area contributed by atoms with Crippen LogP contribution in [0.4, 0.5) is 11.4 Å². The fourth-order valence-corrected chi connectivity index (χ4v) is 4.49. The van der Waals surface area contributed by atoms with Crippen LogP contribution in [0.1, 0.15) is 5.56 Å². The summed E-state index contributed by atoms with van der Waals surface area (Å²) in [7, 11) is -2.71. The highest BCUT2D eigenvalue weighted by atomic mass is 32.2. The first-order valence-electron chi connectivity index (χ1n) is 7.53. The van der Waals surface area contributed by atoms with E-state index in [1.54, 1.807) is 12.1 Å². The zero-order valence-electron chi connectivity index (χ0n) is 13.5. The second-order valence-electron chi connectivity index (χ2n) is 5.72. The molecule has 0 aliphatic carbocycles. The summed E-state index contributed by atoms with van der Waals surface area (Å²) < 4.78 is 32.3. The van der Waals surface area contributed by atoms with Crippen molar-refractivity contribution in [3.63, 3.8) is 0 Å². The lowest BCUT2D eigenvalue weighted by Gasteiger charge is -2.33. The van der Waals surface area contributed by atoms with Crippen LogP contribution < -0.4 is 14.8 Å². The Kier molecular flexibility index (Phi) is 4.36. The number of para-hydroxylation sites is 1. The maximum Gasteiger partial charge on any atom is 0.312 e. The number of fused-ring (bicyclic) bond motifs is 1. The van der Waals surface area contributed by atoms with Crippen molar-refractivity contribution in [1.29, 1.82) is 0 Å². The number of ether oxygens (including phenoxy) is 1. The second kappa shape index (κ2) is 6.34. The Hall–Kier alpha value is -2.65. The molecule has 0 amide bonds. The Balaban J connectivity index is 2.12. The molecule has 8 nitrogen and oxygen atoms in total. The van der Waals surface area contributed by atoms with Crippen LogP contribution in [0.15, 0.2) is 47.4 Å². The third-order valence-electron chi connectivity index (χ3n) is 4.08. The maximum absolute atomic E-state index is 13.1. The van der Waals surface area contributed by atoms with E-state index in [4.69, 9.17) is 10.5 Å². The number of nitrogens with zero attached hydrogens (tertiary/aromatic N) is 2. The SMILES string of the molecule is COc1ccc(S(=O)(=O)N2CC(N)Cc3ccccc32)cc1[N+](=O)[O-]. The number of nitro benzene ring substituents is 1. The maximum atomic E-state index is 13.1. The molecule has 0 fully saturated rings. The van der Waals surface area contributed by atoms with Gasteiger partial charge in [-0.25, -0.2) is 8.42 Å². The smallest absolute Gasteiger partial charge is 0.312 e. The summed E-state index contributed by atoms with van der Waals surface area (Å²) in [6, 6.07) is 10.3. The summed E-state index contributed by atoms with van der Waals surface area (Å²) in [6.45, 7) is 0.110. The van der Waals surface area contributed by atoms with Crippen molar-refractivity contribution in [2.45, 2.75) is 17.4 Å². The lowest BCUT2D eigenvalue weighted by Crippen LogP contribution is -2.46. The molecule has 0 radical (unpaired) electrons. The molecule has 0 saturated heterocycles. The van der Waals surface area contributed by atoms with Crippen molar-refractivity contribution in [2.75, 3.05) is 18.0 Å². The van der Waals surface area contributed by atoms with Crippen molar-refractivity contribution in [1.82, 2.24) is 0 Å². The fraction of sp³-hybridized carbons (Fsp3) is 0.250. The van der Waals surface area contributed by atoms with Gasteiger partial charge in [-0.05, 0) is 30.2 Å². The number of anilines is 1. The predicted octanol–water partition coefficient (Wildman–Crippen LogP) is 1.68. The van der Waals surface area contributed by atoms with E-state index in [2.05, 4.69) is 0 Å². The van der Waals surface area contributed by atoms with Gasteiger partial charge in [0.2, 0.25) is 0 Å². The van der Waals surface area contributed by atoms with Gasteiger partial charge in [0.1, 0.15) is 0 Å². The largest absolute Gasteiger partial charge is 0.490 e. The van der Waals surface area contributed by atoms with Crippen molar-refractivity contribution in [3.05, 3.63) is 58.1 Å². The van der Waals surface area contributed by atoms with E-state index in [0.29, 0.717) is 12.1 Å². The van der Waals surface area contributed by atoms with Crippen LogP contribution in [0.5, 0.6) is 5.75 Å².